The summed E-state index contributed by atoms with van der Waals surface area (Å²) in [6, 6.07) is -0.192. The number of aromatic nitrogens is 3. The molecule has 2 heterocycles. The van der Waals surface area contributed by atoms with Crippen LogP contribution in [0.25, 0.3) is 0 Å². The molecule has 1 aromatic heterocycles. The highest BCUT2D eigenvalue weighted by Crippen LogP contribution is 2.24. The van der Waals surface area contributed by atoms with Gasteiger partial charge in [0.2, 0.25) is 0 Å². The van der Waals surface area contributed by atoms with Gasteiger partial charge in [-0.1, -0.05) is 5.21 Å². The molecule has 0 aromatic carbocycles. The Bertz CT molecular complexity index is 318. The molecule has 1 saturated heterocycles. The van der Waals surface area contributed by atoms with Crippen molar-refractivity contribution in [2.45, 2.75) is 18.8 Å². The van der Waals surface area contributed by atoms with Crippen LogP contribution < -0.4 is 5.73 Å². The summed E-state index contributed by atoms with van der Waals surface area (Å²) in [5.74, 6) is 0. The molecule has 0 amide bonds. The van der Waals surface area contributed by atoms with E-state index in [9.17, 15) is 0 Å². The molecule has 2 N–H and O–H groups in total. The fraction of sp³-hybridized carbons (Fsp3) is 0.750. The fourth-order valence-electron chi connectivity index (χ4n) is 1.59. The first-order valence-corrected chi connectivity index (χ1v) is 5.51. The number of nitrogens with two attached hydrogens (primary N) is 1. The molecule has 1 aliphatic heterocycles. The highest BCUT2D eigenvalue weighted by atomic mass is 79.9. The van der Waals surface area contributed by atoms with E-state index >= 15 is 0 Å². The second kappa shape index (κ2) is 4.56. The van der Waals surface area contributed by atoms with Crippen LogP contribution in [-0.2, 0) is 16.5 Å². The highest BCUT2D eigenvalue weighted by Gasteiger charge is 2.24. The summed E-state index contributed by atoms with van der Waals surface area (Å²) in [5, 5.41) is 7.75. The Kier molecular flexibility index (Phi) is 3.35. The van der Waals surface area contributed by atoms with Crippen molar-refractivity contribution in [3.63, 3.8) is 0 Å². The molecule has 1 atom stereocenters. The number of aryl methyl sites for hydroxylation is 1. The monoisotopic (exact) mass is 276 g/mol. The van der Waals surface area contributed by atoms with Crippen molar-refractivity contribution in [2.75, 3.05) is 13.2 Å². The van der Waals surface area contributed by atoms with E-state index < -0.39 is 0 Å². The first-order chi connectivity index (χ1) is 7.18. The predicted octanol–water partition coefficient (Wildman–Crippen LogP) is 0.340. The first-order valence-electron chi connectivity index (χ1n) is 4.72. The third kappa shape index (κ3) is 2.36. The number of hydrogen-bond acceptors (Lipinski definition) is 5. The SMILES string of the molecule is Cn1nnc(Br)c1C(N)CC1OCCO1. The largest absolute Gasteiger partial charge is 0.350 e. The van der Waals surface area contributed by atoms with Gasteiger partial charge in [0.1, 0.15) is 0 Å². The molecule has 1 unspecified atom stereocenters. The number of hydrogen-bond donors (Lipinski definition) is 1. The molecule has 0 saturated carbocycles. The maximum Gasteiger partial charge on any atom is 0.159 e. The molecule has 0 bridgehead atoms. The third-order valence-corrected chi connectivity index (χ3v) is 2.88. The van der Waals surface area contributed by atoms with Gasteiger partial charge < -0.3 is 15.2 Å². The van der Waals surface area contributed by atoms with E-state index in [1.807, 2.05) is 7.05 Å². The fourth-order valence-corrected chi connectivity index (χ4v) is 2.22. The van der Waals surface area contributed by atoms with Gasteiger partial charge in [-0.2, -0.15) is 0 Å². The van der Waals surface area contributed by atoms with Crippen LogP contribution in [0.3, 0.4) is 0 Å². The minimum atomic E-state index is -0.207. The van der Waals surface area contributed by atoms with E-state index in [4.69, 9.17) is 15.2 Å². The Morgan fingerprint density at radius 1 is 1.60 bits per heavy atom. The van der Waals surface area contributed by atoms with Crippen molar-refractivity contribution >= 4 is 15.9 Å². The van der Waals surface area contributed by atoms with Crippen LogP contribution in [0.15, 0.2) is 4.60 Å². The van der Waals surface area contributed by atoms with Crippen molar-refractivity contribution in [1.82, 2.24) is 15.0 Å². The van der Waals surface area contributed by atoms with E-state index in [1.54, 1.807) is 4.68 Å². The van der Waals surface area contributed by atoms with Gasteiger partial charge in [-0.25, -0.2) is 4.68 Å². The molecule has 1 aliphatic rings. The summed E-state index contributed by atoms with van der Waals surface area (Å²) in [6.07, 6.45) is 0.404. The minimum absolute atomic E-state index is 0.192. The van der Waals surface area contributed by atoms with Crippen LogP contribution in [0.5, 0.6) is 0 Å². The van der Waals surface area contributed by atoms with Gasteiger partial charge >= 0.3 is 0 Å². The summed E-state index contributed by atoms with van der Waals surface area (Å²) in [6.45, 7) is 1.28. The Morgan fingerprint density at radius 2 is 2.27 bits per heavy atom. The lowest BCUT2D eigenvalue weighted by atomic mass is 10.1. The van der Waals surface area contributed by atoms with Crippen LogP contribution in [0.1, 0.15) is 18.2 Å². The molecule has 0 spiro atoms. The molecular weight excluding hydrogens is 264 g/mol. The van der Waals surface area contributed by atoms with Gasteiger partial charge in [-0.15, -0.1) is 5.10 Å². The molecule has 2 rings (SSSR count). The predicted molar refractivity (Wildman–Crippen MR) is 55.9 cm³/mol. The molecule has 0 aliphatic carbocycles. The smallest absolute Gasteiger partial charge is 0.159 e. The van der Waals surface area contributed by atoms with E-state index in [-0.39, 0.29) is 12.3 Å². The van der Waals surface area contributed by atoms with Crippen LogP contribution in [0, 0.1) is 0 Å². The average molecular weight is 277 g/mol. The second-order valence-electron chi connectivity index (χ2n) is 3.40. The molecular formula is C8H13BrN4O2. The number of rotatable bonds is 3. The highest BCUT2D eigenvalue weighted by molar-refractivity contribution is 9.10. The maximum absolute atomic E-state index is 6.03. The molecule has 84 valence electrons. The van der Waals surface area contributed by atoms with Crippen molar-refractivity contribution in [1.29, 1.82) is 0 Å². The van der Waals surface area contributed by atoms with Crippen molar-refractivity contribution < 1.29 is 9.47 Å². The van der Waals surface area contributed by atoms with Gasteiger partial charge in [0, 0.05) is 13.5 Å². The van der Waals surface area contributed by atoms with Gasteiger partial charge in [0.25, 0.3) is 0 Å². The van der Waals surface area contributed by atoms with Gasteiger partial charge in [0.05, 0.1) is 24.9 Å². The Labute approximate surface area is 95.8 Å². The summed E-state index contributed by atoms with van der Waals surface area (Å²) >= 11 is 3.31. The summed E-state index contributed by atoms with van der Waals surface area (Å²) in [4.78, 5) is 0. The molecule has 1 aromatic rings. The zero-order valence-corrected chi connectivity index (χ0v) is 9.98. The Hall–Kier alpha value is -0.500. The number of halogens is 1. The first kappa shape index (κ1) is 11.0. The van der Waals surface area contributed by atoms with Crippen LogP contribution in [0.4, 0.5) is 0 Å². The lowest BCUT2D eigenvalue weighted by Gasteiger charge is -2.15. The van der Waals surface area contributed by atoms with E-state index in [1.165, 1.54) is 0 Å². The maximum atomic E-state index is 6.03. The summed E-state index contributed by atoms with van der Waals surface area (Å²) in [5.41, 5.74) is 6.89. The molecule has 0 radical (unpaired) electrons. The van der Waals surface area contributed by atoms with E-state index in [0.717, 1.165) is 5.69 Å². The van der Waals surface area contributed by atoms with Gasteiger partial charge in [-0.3, -0.25) is 0 Å². The normalized spacial score (nSPS) is 19.7. The lowest BCUT2D eigenvalue weighted by Crippen LogP contribution is -2.22. The molecule has 6 nitrogen and oxygen atoms in total. The minimum Gasteiger partial charge on any atom is -0.350 e. The van der Waals surface area contributed by atoms with Crippen LogP contribution in [-0.4, -0.2) is 34.5 Å². The van der Waals surface area contributed by atoms with Gasteiger partial charge in [0.15, 0.2) is 10.9 Å². The summed E-state index contributed by atoms with van der Waals surface area (Å²) < 4.78 is 13.0. The number of ether oxygens (including phenoxy) is 2. The van der Waals surface area contributed by atoms with Crippen molar-refractivity contribution in [2.24, 2.45) is 12.8 Å². The van der Waals surface area contributed by atoms with E-state index in [0.29, 0.717) is 24.2 Å². The summed E-state index contributed by atoms with van der Waals surface area (Å²) in [7, 11) is 1.81. The quantitative estimate of drug-likeness (QED) is 0.862. The Balaban J connectivity index is 2.03. The van der Waals surface area contributed by atoms with Crippen LogP contribution in [0.2, 0.25) is 0 Å². The third-order valence-electron chi connectivity index (χ3n) is 2.32. The molecule has 1 fully saturated rings. The zero-order chi connectivity index (χ0) is 10.8. The van der Waals surface area contributed by atoms with Crippen molar-refractivity contribution in [3.05, 3.63) is 10.3 Å². The van der Waals surface area contributed by atoms with Gasteiger partial charge in [-0.05, 0) is 15.9 Å². The lowest BCUT2D eigenvalue weighted by molar-refractivity contribution is -0.0511. The number of nitrogens with zero attached hydrogens (tertiary/aromatic N) is 3. The second-order valence-corrected chi connectivity index (χ2v) is 4.15. The molecule has 15 heavy (non-hydrogen) atoms. The van der Waals surface area contributed by atoms with Crippen LogP contribution >= 0.6 is 15.9 Å². The van der Waals surface area contributed by atoms with E-state index in [2.05, 4.69) is 26.2 Å². The zero-order valence-electron chi connectivity index (χ0n) is 8.39. The molecule has 7 heteroatoms. The van der Waals surface area contributed by atoms with Crippen molar-refractivity contribution in [3.8, 4) is 0 Å². The Morgan fingerprint density at radius 3 is 2.80 bits per heavy atom. The topological polar surface area (TPSA) is 75.2 Å². The average Bonchev–Trinajstić information content (AvgIpc) is 2.77. The standard InChI is InChI=1S/C8H13BrN4O2/c1-13-7(8(9)11-12-13)5(10)4-6-14-2-3-15-6/h5-6H,2-4,10H2,1H3.